The highest BCUT2D eigenvalue weighted by atomic mass is 31.2. The van der Waals surface area contributed by atoms with Crippen LogP contribution in [0.2, 0.25) is 0 Å². The first-order chi connectivity index (χ1) is 50.7. The average molecular weight is 1490 g/mol. The van der Waals surface area contributed by atoms with Crippen LogP contribution in [0.3, 0.4) is 0 Å². The molecule has 0 aromatic carbocycles. The van der Waals surface area contributed by atoms with E-state index in [2.05, 4.69) is 198 Å². The van der Waals surface area contributed by atoms with Crippen molar-refractivity contribution in [3.05, 3.63) is 170 Å². The quantitative estimate of drug-likeness (QED) is 0.0169. The molecule has 0 aromatic rings. The van der Waals surface area contributed by atoms with Crippen LogP contribution in [0, 0.1) is 0 Å². The lowest BCUT2D eigenvalue weighted by Gasteiger charge is -2.21. The summed E-state index contributed by atoms with van der Waals surface area (Å²) >= 11 is 0. The molecule has 0 aliphatic heterocycles. The van der Waals surface area contributed by atoms with E-state index in [1.165, 1.54) is 0 Å². The molecule has 0 aromatic heterocycles. The maximum absolute atomic E-state index is 13.1. The fraction of sp³-hybridized carbons (Fsp3) is 0.624. The fourth-order valence-electron chi connectivity index (χ4n) is 9.76. The Morgan fingerprint density at radius 3 is 0.769 bits per heavy atom. The Morgan fingerprint density at radius 2 is 0.500 bits per heavy atom. The van der Waals surface area contributed by atoms with Gasteiger partial charge in [0, 0.05) is 25.7 Å². The number of carbonyl (C=O) groups excluding carboxylic acids is 4. The van der Waals surface area contributed by atoms with Crippen LogP contribution in [0.25, 0.3) is 0 Å². The highest BCUT2D eigenvalue weighted by molar-refractivity contribution is 7.47. The zero-order valence-corrected chi connectivity index (χ0v) is 66.2. The van der Waals surface area contributed by atoms with E-state index in [1.807, 2.05) is 0 Å². The van der Waals surface area contributed by atoms with Crippen molar-refractivity contribution in [2.75, 3.05) is 39.6 Å². The van der Waals surface area contributed by atoms with E-state index in [0.717, 1.165) is 205 Å². The van der Waals surface area contributed by atoms with Gasteiger partial charge < -0.3 is 33.8 Å². The Hall–Kier alpha value is -5.58. The third-order valence-corrected chi connectivity index (χ3v) is 17.5. The standard InChI is InChI=1S/C85H138O17P2/c1-5-9-13-17-21-25-29-33-36-39-42-46-49-53-57-61-65-69-82(87)95-75-80(101-84(89)71-67-63-59-55-51-45-32-28-24-20-16-12-8-4)77-99-103(91,92)97-73-79(86)74-98-104(93,94)100-78-81(102-85(90)72-68-64-60-56-52-48-44-41-38-35-31-27-23-19-15-11-7-3)76-96-83(88)70-66-62-58-54-50-47-43-40-37-34-30-26-22-18-14-10-6-2/h9-11,13-16,20-23,25-28,32-38,42-44,46-48,79-81,86H,5-8,12,17-19,24,29-31,39-41,45,49-78H2,1-4H3,(H,91,92)(H,93,94)/b13-9-,14-10-,15-11-,20-16-,25-21-,26-22-,27-23-,32-28-,36-33-,37-34-,38-35-,46-42-,47-43-,48-44-. The Morgan fingerprint density at radius 1 is 0.279 bits per heavy atom. The van der Waals surface area contributed by atoms with Crippen molar-refractivity contribution >= 4 is 39.5 Å². The molecule has 0 saturated heterocycles. The van der Waals surface area contributed by atoms with Crippen molar-refractivity contribution in [3.8, 4) is 0 Å². The lowest BCUT2D eigenvalue weighted by molar-refractivity contribution is -0.161. The number of carbonyl (C=O) groups is 4. The van der Waals surface area contributed by atoms with Gasteiger partial charge in [0.15, 0.2) is 12.2 Å². The minimum Gasteiger partial charge on any atom is -0.462 e. The first-order valence-corrected chi connectivity index (χ1v) is 42.4. The van der Waals surface area contributed by atoms with E-state index < -0.39 is 97.5 Å². The molecular weight excluding hydrogens is 1350 g/mol. The van der Waals surface area contributed by atoms with Gasteiger partial charge in [0.05, 0.1) is 26.4 Å². The van der Waals surface area contributed by atoms with Crippen molar-refractivity contribution in [2.45, 2.75) is 303 Å². The number of unbranched alkanes of at least 4 members (excludes halogenated alkanes) is 18. The van der Waals surface area contributed by atoms with E-state index in [4.69, 9.17) is 37.0 Å². The first kappa shape index (κ1) is 98.4. The molecule has 0 spiro atoms. The van der Waals surface area contributed by atoms with Gasteiger partial charge in [0.1, 0.15) is 19.3 Å². The molecule has 5 atom stereocenters. The van der Waals surface area contributed by atoms with Crippen LogP contribution in [0.4, 0.5) is 0 Å². The highest BCUT2D eigenvalue weighted by Gasteiger charge is 2.30. The molecule has 5 unspecified atom stereocenters. The third-order valence-electron chi connectivity index (χ3n) is 15.6. The molecule has 0 rings (SSSR count). The molecule has 0 amide bonds. The van der Waals surface area contributed by atoms with Crippen LogP contribution in [0.15, 0.2) is 170 Å². The van der Waals surface area contributed by atoms with Crippen LogP contribution in [0.1, 0.15) is 285 Å². The van der Waals surface area contributed by atoms with Crippen molar-refractivity contribution < 1.29 is 80.2 Å². The Balaban J connectivity index is 5.45. The molecule has 0 aliphatic carbocycles. The smallest absolute Gasteiger partial charge is 0.462 e. The second kappa shape index (κ2) is 75.6. The fourth-order valence-corrected chi connectivity index (χ4v) is 11.3. The number of hydrogen-bond donors (Lipinski definition) is 3. The summed E-state index contributed by atoms with van der Waals surface area (Å²) in [7, 11) is -10.00. The summed E-state index contributed by atoms with van der Waals surface area (Å²) in [5.74, 6) is -2.28. The van der Waals surface area contributed by atoms with E-state index in [0.29, 0.717) is 25.7 Å². The van der Waals surface area contributed by atoms with Gasteiger partial charge in [-0.05, 0) is 167 Å². The predicted octanol–water partition coefficient (Wildman–Crippen LogP) is 23.0. The molecule has 3 N–H and O–H groups in total. The summed E-state index contributed by atoms with van der Waals surface area (Å²) in [6.07, 6.45) is 89.0. The van der Waals surface area contributed by atoms with Gasteiger partial charge in [-0.1, -0.05) is 262 Å². The highest BCUT2D eigenvalue weighted by Crippen LogP contribution is 2.45. The molecule has 0 aliphatic rings. The van der Waals surface area contributed by atoms with Crippen molar-refractivity contribution in [1.29, 1.82) is 0 Å². The lowest BCUT2D eigenvalue weighted by Crippen LogP contribution is -2.30. The van der Waals surface area contributed by atoms with Crippen molar-refractivity contribution in [2.24, 2.45) is 0 Å². The molecule has 0 radical (unpaired) electrons. The maximum Gasteiger partial charge on any atom is 0.472 e. The van der Waals surface area contributed by atoms with Gasteiger partial charge in [-0.3, -0.25) is 37.3 Å². The zero-order chi connectivity index (χ0) is 76.0. The van der Waals surface area contributed by atoms with Crippen LogP contribution in [-0.4, -0.2) is 96.7 Å². The number of aliphatic hydroxyl groups excluding tert-OH is 1. The molecular formula is C85H138O17P2. The monoisotopic (exact) mass is 1490 g/mol. The Labute approximate surface area is 629 Å². The van der Waals surface area contributed by atoms with Crippen LogP contribution < -0.4 is 0 Å². The van der Waals surface area contributed by atoms with Gasteiger partial charge in [-0.2, -0.15) is 0 Å². The predicted molar refractivity (Wildman–Crippen MR) is 426 cm³/mol. The molecule has 17 nitrogen and oxygen atoms in total. The number of aliphatic hydroxyl groups is 1. The second-order valence-electron chi connectivity index (χ2n) is 25.5. The summed E-state index contributed by atoms with van der Waals surface area (Å²) in [6.45, 7) is 4.35. The van der Waals surface area contributed by atoms with Crippen molar-refractivity contribution in [3.63, 3.8) is 0 Å². The van der Waals surface area contributed by atoms with Crippen LogP contribution >= 0.6 is 15.6 Å². The molecule has 19 heteroatoms. The largest absolute Gasteiger partial charge is 0.472 e. The summed E-state index contributed by atoms with van der Waals surface area (Å²) < 4.78 is 68.5. The minimum atomic E-state index is -5.00. The molecule has 590 valence electrons. The summed E-state index contributed by atoms with van der Waals surface area (Å²) in [4.78, 5) is 73.0. The van der Waals surface area contributed by atoms with Gasteiger partial charge in [-0.15, -0.1) is 0 Å². The lowest BCUT2D eigenvalue weighted by atomic mass is 10.1. The molecule has 0 heterocycles. The van der Waals surface area contributed by atoms with Crippen LogP contribution in [-0.2, 0) is 65.4 Å². The van der Waals surface area contributed by atoms with E-state index in [9.17, 15) is 43.2 Å². The second-order valence-corrected chi connectivity index (χ2v) is 28.4. The molecule has 0 saturated carbocycles. The number of allylic oxidation sites excluding steroid dienone is 28. The SMILES string of the molecule is CC/C=C\C/C=C\C/C=C\C/C=C\CCCCCCC(=O)OCC(COP(=O)(O)OCC(O)COP(=O)(O)OCC(COC(=O)CCCCCC/C=C\C/C=C\C/C=C\C/C=C\CC)OC(=O)CCCCCCC/C=C\C/C=C\CCC)OC(=O)CCCCCC/C=C\C/C=C\C/C=C\C/C=C\CC. The van der Waals surface area contributed by atoms with Gasteiger partial charge in [0.25, 0.3) is 0 Å². The van der Waals surface area contributed by atoms with Gasteiger partial charge in [-0.25, -0.2) is 9.13 Å². The molecule has 0 bridgehead atoms. The van der Waals surface area contributed by atoms with E-state index in [1.54, 1.807) is 0 Å². The normalized spacial score (nSPS) is 14.8. The maximum atomic E-state index is 13.1. The van der Waals surface area contributed by atoms with Crippen molar-refractivity contribution in [1.82, 2.24) is 0 Å². The molecule has 104 heavy (non-hydrogen) atoms. The first-order valence-electron chi connectivity index (χ1n) is 39.4. The average Bonchev–Trinajstić information content (AvgIpc) is 0.910. The van der Waals surface area contributed by atoms with E-state index in [-0.39, 0.29) is 25.7 Å². The summed E-state index contributed by atoms with van der Waals surface area (Å²) in [5.41, 5.74) is 0. The number of esters is 4. The number of phosphoric acid groups is 2. The van der Waals surface area contributed by atoms with E-state index >= 15 is 0 Å². The number of hydrogen-bond acceptors (Lipinski definition) is 15. The summed E-state index contributed by atoms with van der Waals surface area (Å²) in [5, 5.41) is 10.6. The zero-order valence-electron chi connectivity index (χ0n) is 64.4. The summed E-state index contributed by atoms with van der Waals surface area (Å²) in [6, 6.07) is 0. The number of ether oxygens (including phenoxy) is 4. The van der Waals surface area contributed by atoms with Crippen LogP contribution in [0.5, 0.6) is 0 Å². The van der Waals surface area contributed by atoms with Gasteiger partial charge in [0.2, 0.25) is 0 Å². The number of phosphoric ester groups is 2. The topological polar surface area (TPSA) is 237 Å². The Bertz CT molecular complexity index is 2640. The van der Waals surface area contributed by atoms with Gasteiger partial charge >= 0.3 is 39.5 Å². The minimum absolute atomic E-state index is 0.0543. The third kappa shape index (κ3) is 74.7. The number of rotatable bonds is 72. The molecule has 0 fully saturated rings. The Kier molecular flexibility index (Phi) is 71.6.